The number of benzene rings is 1. The number of esters is 1. The molecule has 0 aliphatic carbocycles. The quantitative estimate of drug-likeness (QED) is 0.274. The minimum Gasteiger partial charge on any atom is -0.462 e. The zero-order chi connectivity index (χ0) is 20.3. The Morgan fingerprint density at radius 3 is 2.93 bits per heavy atom. The maximum atomic E-state index is 12.2. The molecule has 2 heterocycles. The van der Waals surface area contributed by atoms with Crippen molar-refractivity contribution in [3.8, 4) is 17.9 Å². The molecule has 3 rings (SSSR count). The molecule has 0 spiro atoms. The maximum Gasteiger partial charge on any atom is 0.348 e. The van der Waals surface area contributed by atoms with Gasteiger partial charge in [0.2, 0.25) is 10.0 Å². The highest BCUT2D eigenvalue weighted by Crippen LogP contribution is 2.26. The number of carbonyl (C=O) groups is 1. The molecule has 28 heavy (non-hydrogen) atoms. The number of anilines is 1. The van der Waals surface area contributed by atoms with Crippen LogP contribution in [0.25, 0.3) is 17.0 Å². The Bertz CT molecular complexity index is 1270. The molecule has 1 N–H and O–H groups in total. The van der Waals surface area contributed by atoms with Crippen LogP contribution in [0.15, 0.2) is 33.0 Å². The molecule has 0 unspecified atom stereocenters. The molecule has 0 saturated heterocycles. The van der Waals surface area contributed by atoms with Crippen molar-refractivity contribution >= 4 is 38.7 Å². The molecule has 0 radical (unpaired) electrons. The third kappa shape index (κ3) is 4.05. The van der Waals surface area contributed by atoms with Gasteiger partial charge in [-0.3, -0.25) is 4.72 Å². The molecule has 0 atom stereocenters. The normalized spacial score (nSPS) is 15.1. The van der Waals surface area contributed by atoms with Crippen molar-refractivity contribution in [2.24, 2.45) is 0 Å². The first-order valence-electron chi connectivity index (χ1n) is 8.23. The van der Waals surface area contributed by atoms with Gasteiger partial charge in [0, 0.05) is 11.8 Å². The van der Waals surface area contributed by atoms with Gasteiger partial charge in [-0.25, -0.2) is 18.0 Å². The second-order valence-corrected chi connectivity index (χ2v) is 7.63. The predicted molar refractivity (Wildman–Crippen MR) is 102 cm³/mol. The highest BCUT2D eigenvalue weighted by Gasteiger charge is 2.17. The second-order valence-electron chi connectivity index (χ2n) is 5.79. The van der Waals surface area contributed by atoms with E-state index < -0.39 is 21.6 Å². The van der Waals surface area contributed by atoms with Gasteiger partial charge in [0.1, 0.15) is 17.2 Å². The van der Waals surface area contributed by atoms with Crippen LogP contribution < -0.4 is 10.3 Å². The van der Waals surface area contributed by atoms with E-state index in [1.54, 1.807) is 13.0 Å². The summed E-state index contributed by atoms with van der Waals surface area (Å²) in [6.45, 7) is 1.67. The van der Waals surface area contributed by atoms with Gasteiger partial charge in [0.05, 0.1) is 29.2 Å². The fourth-order valence-electron chi connectivity index (χ4n) is 2.53. The van der Waals surface area contributed by atoms with E-state index in [2.05, 4.69) is 16.6 Å². The lowest BCUT2D eigenvalue weighted by Crippen LogP contribution is -2.18. The number of hydrogen-bond acceptors (Lipinski definition) is 7. The Morgan fingerprint density at radius 2 is 2.21 bits per heavy atom. The topological polar surface area (TPSA) is 126 Å². The second kappa shape index (κ2) is 7.59. The van der Waals surface area contributed by atoms with Crippen molar-refractivity contribution < 1.29 is 22.4 Å². The first kappa shape index (κ1) is 19.2. The van der Waals surface area contributed by atoms with Gasteiger partial charge < -0.3 is 9.15 Å². The van der Waals surface area contributed by atoms with Crippen LogP contribution in [-0.2, 0) is 19.6 Å². The van der Waals surface area contributed by atoms with Gasteiger partial charge in [-0.2, -0.15) is 5.26 Å². The van der Waals surface area contributed by atoms with E-state index in [4.69, 9.17) is 14.4 Å². The molecule has 142 valence electrons. The fourth-order valence-corrected chi connectivity index (χ4v) is 3.51. The number of nitriles is 1. The number of hydrogen-bond donors (Lipinski definition) is 1. The van der Waals surface area contributed by atoms with Crippen LogP contribution in [0.3, 0.4) is 0 Å². The first-order valence-corrected chi connectivity index (χ1v) is 9.88. The SMILES string of the molecule is CCOC(=O)C(C#N)=Cc1cc2cc3c(cc2oc1=O)C#CCCS(=O)(=O)N3. The fraction of sp³-hybridized carbons (Fsp3) is 0.211. The van der Waals surface area contributed by atoms with Crippen molar-refractivity contribution in [1.29, 1.82) is 5.26 Å². The Hall–Kier alpha value is -3.56. The summed E-state index contributed by atoms with van der Waals surface area (Å²) >= 11 is 0. The molecule has 1 aliphatic rings. The molecular weight excluding hydrogens is 384 g/mol. The molecule has 1 aromatic carbocycles. The van der Waals surface area contributed by atoms with E-state index in [1.807, 2.05) is 0 Å². The summed E-state index contributed by atoms with van der Waals surface area (Å²) < 4.78 is 36.5. The van der Waals surface area contributed by atoms with Crippen LogP contribution in [0.5, 0.6) is 0 Å². The monoisotopic (exact) mass is 398 g/mol. The van der Waals surface area contributed by atoms with Gasteiger partial charge in [-0.15, -0.1) is 0 Å². The molecular formula is C19H14N2O6S. The summed E-state index contributed by atoms with van der Waals surface area (Å²) in [5.74, 6) is 4.63. The Balaban J connectivity index is 2.16. The summed E-state index contributed by atoms with van der Waals surface area (Å²) in [6.07, 6.45) is 1.26. The lowest BCUT2D eigenvalue weighted by Gasteiger charge is -2.12. The van der Waals surface area contributed by atoms with Crippen molar-refractivity contribution in [1.82, 2.24) is 0 Å². The van der Waals surface area contributed by atoms with Crippen molar-refractivity contribution in [3.63, 3.8) is 0 Å². The molecule has 0 amide bonds. The summed E-state index contributed by atoms with van der Waals surface area (Å²) in [4.78, 5) is 24.0. The van der Waals surface area contributed by atoms with Gasteiger partial charge >= 0.3 is 11.6 Å². The van der Waals surface area contributed by atoms with Gasteiger partial charge in [0.15, 0.2) is 0 Å². The number of sulfonamides is 1. The van der Waals surface area contributed by atoms with Crippen molar-refractivity contribution in [2.45, 2.75) is 13.3 Å². The molecule has 8 nitrogen and oxygen atoms in total. The lowest BCUT2D eigenvalue weighted by atomic mass is 10.1. The summed E-state index contributed by atoms with van der Waals surface area (Å²) in [7, 11) is -3.54. The van der Waals surface area contributed by atoms with E-state index in [9.17, 15) is 18.0 Å². The molecule has 2 aromatic rings. The first-order chi connectivity index (χ1) is 13.3. The van der Waals surface area contributed by atoms with E-state index >= 15 is 0 Å². The smallest absolute Gasteiger partial charge is 0.348 e. The van der Waals surface area contributed by atoms with E-state index in [0.29, 0.717) is 10.9 Å². The maximum absolute atomic E-state index is 12.2. The number of rotatable bonds is 3. The lowest BCUT2D eigenvalue weighted by molar-refractivity contribution is -0.137. The zero-order valence-electron chi connectivity index (χ0n) is 14.7. The Labute approximate surface area is 160 Å². The summed E-state index contributed by atoms with van der Waals surface area (Å²) in [5, 5.41) is 9.52. The number of carbonyl (C=O) groups excluding carboxylic acids is 1. The summed E-state index contributed by atoms with van der Waals surface area (Å²) in [5.41, 5.74) is -0.322. The molecule has 1 aromatic heterocycles. The largest absolute Gasteiger partial charge is 0.462 e. The molecule has 0 fully saturated rings. The third-order valence-corrected chi connectivity index (χ3v) is 5.07. The van der Waals surface area contributed by atoms with Crippen LogP contribution in [-0.4, -0.2) is 26.7 Å². The van der Waals surface area contributed by atoms with Crippen LogP contribution in [0.2, 0.25) is 0 Å². The van der Waals surface area contributed by atoms with Gasteiger partial charge in [-0.1, -0.05) is 11.8 Å². The van der Waals surface area contributed by atoms with Crippen LogP contribution in [0, 0.1) is 23.2 Å². The van der Waals surface area contributed by atoms with Crippen molar-refractivity contribution in [3.05, 3.63) is 45.3 Å². The highest BCUT2D eigenvalue weighted by molar-refractivity contribution is 7.92. The highest BCUT2D eigenvalue weighted by atomic mass is 32.2. The number of nitrogens with one attached hydrogen (secondary N) is 1. The standard InChI is InChI=1S/C19H14N2O6S/c1-2-26-18(22)15(11-20)8-14-7-13-9-16-12(10-17(13)27-19(14)23)5-3-4-6-28(24,25)21-16/h7-10,21H,2,4,6H2,1H3. The van der Waals surface area contributed by atoms with Crippen LogP contribution >= 0.6 is 0 Å². The van der Waals surface area contributed by atoms with Crippen molar-refractivity contribution in [2.75, 3.05) is 17.1 Å². The summed E-state index contributed by atoms with van der Waals surface area (Å²) in [6, 6.07) is 6.04. The van der Waals surface area contributed by atoms with Crippen LogP contribution in [0.4, 0.5) is 5.69 Å². The van der Waals surface area contributed by atoms with E-state index in [-0.39, 0.29) is 41.2 Å². The molecule has 1 aliphatic heterocycles. The van der Waals surface area contributed by atoms with Gasteiger partial charge in [0.25, 0.3) is 0 Å². The van der Waals surface area contributed by atoms with E-state index in [1.165, 1.54) is 18.2 Å². The zero-order valence-corrected chi connectivity index (χ0v) is 15.6. The Kier molecular flexibility index (Phi) is 5.21. The third-order valence-electron chi connectivity index (χ3n) is 3.80. The number of fused-ring (bicyclic) bond motifs is 2. The molecule has 9 heteroatoms. The number of nitrogens with zero attached hydrogens (tertiary/aromatic N) is 1. The van der Waals surface area contributed by atoms with Gasteiger partial charge in [-0.05, 0) is 31.2 Å². The van der Waals surface area contributed by atoms with Crippen LogP contribution in [0.1, 0.15) is 24.5 Å². The van der Waals surface area contributed by atoms with E-state index in [0.717, 1.165) is 6.08 Å². The minimum atomic E-state index is -3.54. The average Bonchev–Trinajstić information content (AvgIpc) is 2.62. The average molecular weight is 398 g/mol. The minimum absolute atomic E-state index is 0.0446. The number of ether oxygens (including phenoxy) is 1. The molecule has 0 bridgehead atoms. The predicted octanol–water partition coefficient (Wildman–Crippen LogP) is 1.76. The molecule has 0 saturated carbocycles. The Morgan fingerprint density at radius 1 is 1.43 bits per heavy atom.